The second kappa shape index (κ2) is 6.80. The Labute approximate surface area is 116 Å². The predicted molar refractivity (Wildman–Crippen MR) is 78.1 cm³/mol. The SMILES string of the molecule is COc1ccc(CCC2CC(C)CCN2)cc1OC. The number of hydrogen-bond acceptors (Lipinski definition) is 3. The van der Waals surface area contributed by atoms with Crippen molar-refractivity contribution in [2.45, 2.75) is 38.6 Å². The molecule has 19 heavy (non-hydrogen) atoms. The first kappa shape index (κ1) is 14.2. The molecule has 0 aromatic heterocycles. The Morgan fingerprint density at radius 2 is 2.00 bits per heavy atom. The van der Waals surface area contributed by atoms with Crippen molar-refractivity contribution in [3.05, 3.63) is 23.8 Å². The average molecular weight is 263 g/mol. The molecule has 1 aromatic carbocycles. The molecule has 0 radical (unpaired) electrons. The van der Waals surface area contributed by atoms with Crippen molar-refractivity contribution in [3.8, 4) is 11.5 Å². The molecule has 0 bridgehead atoms. The minimum Gasteiger partial charge on any atom is -0.493 e. The maximum Gasteiger partial charge on any atom is 0.160 e. The third-order valence-corrected chi connectivity index (χ3v) is 3.99. The number of methoxy groups -OCH3 is 2. The summed E-state index contributed by atoms with van der Waals surface area (Å²) < 4.78 is 10.6. The van der Waals surface area contributed by atoms with Crippen LogP contribution < -0.4 is 14.8 Å². The zero-order valence-corrected chi connectivity index (χ0v) is 12.2. The van der Waals surface area contributed by atoms with Gasteiger partial charge in [0.25, 0.3) is 0 Å². The summed E-state index contributed by atoms with van der Waals surface area (Å²) in [5.74, 6) is 2.48. The lowest BCUT2D eigenvalue weighted by atomic mass is 9.91. The lowest BCUT2D eigenvalue weighted by Gasteiger charge is -2.28. The molecule has 1 aliphatic heterocycles. The van der Waals surface area contributed by atoms with E-state index in [0.29, 0.717) is 6.04 Å². The molecule has 106 valence electrons. The van der Waals surface area contributed by atoms with Crippen LogP contribution in [0.1, 0.15) is 31.7 Å². The van der Waals surface area contributed by atoms with Gasteiger partial charge in [-0.3, -0.25) is 0 Å². The van der Waals surface area contributed by atoms with Gasteiger partial charge in [-0.05, 0) is 55.8 Å². The summed E-state index contributed by atoms with van der Waals surface area (Å²) in [6.07, 6.45) is 4.89. The van der Waals surface area contributed by atoms with Crippen LogP contribution in [0.15, 0.2) is 18.2 Å². The fourth-order valence-corrected chi connectivity index (χ4v) is 2.82. The van der Waals surface area contributed by atoms with Crippen molar-refractivity contribution < 1.29 is 9.47 Å². The van der Waals surface area contributed by atoms with Crippen LogP contribution in [-0.4, -0.2) is 26.8 Å². The van der Waals surface area contributed by atoms with Crippen molar-refractivity contribution >= 4 is 0 Å². The number of benzene rings is 1. The molecule has 2 rings (SSSR count). The lowest BCUT2D eigenvalue weighted by Crippen LogP contribution is -2.37. The van der Waals surface area contributed by atoms with Gasteiger partial charge in [0.1, 0.15) is 0 Å². The van der Waals surface area contributed by atoms with Gasteiger partial charge in [-0.2, -0.15) is 0 Å². The summed E-state index contributed by atoms with van der Waals surface area (Å²) in [5.41, 5.74) is 1.32. The Balaban J connectivity index is 1.92. The summed E-state index contributed by atoms with van der Waals surface area (Å²) in [4.78, 5) is 0. The first-order chi connectivity index (χ1) is 9.22. The molecule has 2 atom stereocenters. The predicted octanol–water partition coefficient (Wildman–Crippen LogP) is 3.02. The van der Waals surface area contributed by atoms with Crippen LogP contribution in [0.3, 0.4) is 0 Å². The highest BCUT2D eigenvalue weighted by Crippen LogP contribution is 2.28. The van der Waals surface area contributed by atoms with Gasteiger partial charge >= 0.3 is 0 Å². The minimum atomic E-state index is 0.664. The first-order valence-corrected chi connectivity index (χ1v) is 7.17. The number of aryl methyl sites for hydroxylation is 1. The fourth-order valence-electron chi connectivity index (χ4n) is 2.82. The molecule has 1 heterocycles. The highest BCUT2D eigenvalue weighted by atomic mass is 16.5. The van der Waals surface area contributed by atoms with Gasteiger partial charge in [0.2, 0.25) is 0 Å². The van der Waals surface area contributed by atoms with Crippen molar-refractivity contribution in [2.24, 2.45) is 5.92 Å². The molecule has 0 spiro atoms. The molecule has 1 N–H and O–H groups in total. The molecule has 0 aliphatic carbocycles. The number of rotatable bonds is 5. The van der Waals surface area contributed by atoms with E-state index in [1.54, 1.807) is 14.2 Å². The van der Waals surface area contributed by atoms with Crippen LogP contribution in [-0.2, 0) is 6.42 Å². The molecule has 1 aliphatic rings. The van der Waals surface area contributed by atoms with Gasteiger partial charge in [-0.1, -0.05) is 13.0 Å². The summed E-state index contributed by atoms with van der Waals surface area (Å²) in [7, 11) is 3.36. The second-order valence-electron chi connectivity index (χ2n) is 5.51. The third-order valence-electron chi connectivity index (χ3n) is 3.99. The molecule has 2 unspecified atom stereocenters. The van der Waals surface area contributed by atoms with E-state index in [1.807, 2.05) is 6.07 Å². The molecule has 3 nitrogen and oxygen atoms in total. The third kappa shape index (κ3) is 3.87. The van der Waals surface area contributed by atoms with Crippen LogP contribution in [0, 0.1) is 5.92 Å². The van der Waals surface area contributed by atoms with Crippen molar-refractivity contribution in [1.29, 1.82) is 0 Å². The maximum absolute atomic E-state index is 5.35. The van der Waals surface area contributed by atoms with Crippen LogP contribution in [0.4, 0.5) is 0 Å². The number of hydrogen-bond donors (Lipinski definition) is 1. The monoisotopic (exact) mass is 263 g/mol. The topological polar surface area (TPSA) is 30.5 Å². The molecule has 0 saturated carbocycles. The molecular weight excluding hydrogens is 238 g/mol. The van der Waals surface area contributed by atoms with Crippen molar-refractivity contribution in [2.75, 3.05) is 20.8 Å². The Morgan fingerprint density at radius 3 is 2.68 bits per heavy atom. The molecule has 1 fully saturated rings. The molecule has 0 amide bonds. The number of piperidine rings is 1. The van der Waals surface area contributed by atoms with Gasteiger partial charge in [0.05, 0.1) is 14.2 Å². The molecular formula is C16H25NO2. The van der Waals surface area contributed by atoms with Gasteiger partial charge in [-0.25, -0.2) is 0 Å². The molecule has 1 aromatic rings. The standard InChI is InChI=1S/C16H25NO2/c1-12-8-9-17-14(10-12)6-4-13-5-7-15(18-2)16(11-13)19-3/h5,7,11-12,14,17H,4,6,8-10H2,1-3H3. The summed E-state index contributed by atoms with van der Waals surface area (Å²) in [5, 5.41) is 3.61. The summed E-state index contributed by atoms with van der Waals surface area (Å²) in [6, 6.07) is 6.88. The Bertz CT molecular complexity index is 406. The quantitative estimate of drug-likeness (QED) is 0.885. The van der Waals surface area contributed by atoms with Crippen LogP contribution >= 0.6 is 0 Å². The van der Waals surface area contributed by atoms with E-state index in [2.05, 4.69) is 24.4 Å². The highest BCUT2D eigenvalue weighted by Gasteiger charge is 2.17. The van der Waals surface area contributed by atoms with E-state index in [0.717, 1.165) is 30.4 Å². The number of ether oxygens (including phenoxy) is 2. The Kier molecular flexibility index (Phi) is 5.08. The highest BCUT2D eigenvalue weighted by molar-refractivity contribution is 5.42. The van der Waals surface area contributed by atoms with E-state index in [9.17, 15) is 0 Å². The Morgan fingerprint density at radius 1 is 1.21 bits per heavy atom. The smallest absolute Gasteiger partial charge is 0.160 e. The molecule has 1 saturated heterocycles. The summed E-state index contributed by atoms with van der Waals surface area (Å²) in [6.45, 7) is 3.52. The zero-order chi connectivity index (χ0) is 13.7. The van der Waals surface area contributed by atoms with Crippen LogP contribution in [0.25, 0.3) is 0 Å². The normalized spacial score (nSPS) is 23.1. The van der Waals surface area contributed by atoms with Crippen molar-refractivity contribution in [3.63, 3.8) is 0 Å². The zero-order valence-electron chi connectivity index (χ0n) is 12.2. The van der Waals surface area contributed by atoms with Crippen LogP contribution in [0.5, 0.6) is 11.5 Å². The number of nitrogens with one attached hydrogen (secondary N) is 1. The lowest BCUT2D eigenvalue weighted by molar-refractivity contribution is 0.308. The first-order valence-electron chi connectivity index (χ1n) is 7.17. The minimum absolute atomic E-state index is 0.664. The van der Waals surface area contributed by atoms with E-state index in [4.69, 9.17) is 9.47 Å². The van der Waals surface area contributed by atoms with E-state index in [-0.39, 0.29) is 0 Å². The van der Waals surface area contributed by atoms with Gasteiger partial charge < -0.3 is 14.8 Å². The second-order valence-corrected chi connectivity index (χ2v) is 5.51. The molecule has 3 heteroatoms. The van der Waals surface area contributed by atoms with Crippen LogP contribution in [0.2, 0.25) is 0 Å². The van der Waals surface area contributed by atoms with E-state index >= 15 is 0 Å². The largest absolute Gasteiger partial charge is 0.493 e. The fraction of sp³-hybridized carbons (Fsp3) is 0.625. The van der Waals surface area contributed by atoms with Gasteiger partial charge in [-0.15, -0.1) is 0 Å². The maximum atomic E-state index is 5.35. The summed E-state index contributed by atoms with van der Waals surface area (Å²) >= 11 is 0. The average Bonchev–Trinajstić information content (AvgIpc) is 2.45. The van der Waals surface area contributed by atoms with Gasteiger partial charge in [0, 0.05) is 6.04 Å². The van der Waals surface area contributed by atoms with E-state index < -0.39 is 0 Å². The Hall–Kier alpha value is -1.22. The van der Waals surface area contributed by atoms with E-state index in [1.165, 1.54) is 24.8 Å². The van der Waals surface area contributed by atoms with Gasteiger partial charge in [0.15, 0.2) is 11.5 Å². The van der Waals surface area contributed by atoms with Crippen molar-refractivity contribution in [1.82, 2.24) is 5.32 Å².